The molecule has 0 aromatic heterocycles. The van der Waals surface area contributed by atoms with Crippen LogP contribution in [0, 0.1) is 17.8 Å². The Hall–Kier alpha value is -1.02. The maximum Gasteiger partial charge on any atom is 0.122 e. The summed E-state index contributed by atoms with van der Waals surface area (Å²) in [6.45, 7) is 5.47. The summed E-state index contributed by atoms with van der Waals surface area (Å²) in [5.41, 5.74) is 2.76. The topological polar surface area (TPSA) is 29.5 Å². The van der Waals surface area contributed by atoms with E-state index in [0.29, 0.717) is 5.92 Å². The van der Waals surface area contributed by atoms with Crippen molar-refractivity contribution in [2.75, 3.05) is 6.61 Å². The van der Waals surface area contributed by atoms with Gasteiger partial charge in [-0.1, -0.05) is 26.0 Å². The normalized spacial score (nSPS) is 28.5. The Morgan fingerprint density at radius 2 is 2.14 bits per heavy atom. The van der Waals surface area contributed by atoms with Gasteiger partial charge in [-0.15, -0.1) is 0 Å². The molecule has 1 N–H and O–H groups in total. The molecule has 3 rings (SSSR count). The van der Waals surface area contributed by atoms with E-state index in [2.05, 4.69) is 32.0 Å². The zero-order valence-electron chi connectivity index (χ0n) is 13.3. The molecule has 0 spiro atoms. The first kappa shape index (κ1) is 14.9. The largest absolute Gasteiger partial charge is 0.493 e. The molecule has 1 fully saturated rings. The van der Waals surface area contributed by atoms with Crippen LogP contribution < -0.4 is 4.74 Å². The van der Waals surface area contributed by atoms with Crippen LogP contribution in [0.2, 0.25) is 0 Å². The Bertz CT molecular complexity index is 480. The van der Waals surface area contributed by atoms with Gasteiger partial charge >= 0.3 is 0 Å². The highest BCUT2D eigenvalue weighted by Gasteiger charge is 2.30. The minimum absolute atomic E-state index is 0.0854. The summed E-state index contributed by atoms with van der Waals surface area (Å²) in [6, 6.07) is 6.61. The average Bonchev–Trinajstić information content (AvgIpc) is 2.93. The van der Waals surface area contributed by atoms with Crippen LogP contribution in [0.4, 0.5) is 0 Å². The van der Waals surface area contributed by atoms with Crippen molar-refractivity contribution in [1.29, 1.82) is 0 Å². The predicted molar refractivity (Wildman–Crippen MR) is 85.6 cm³/mol. The molecule has 1 heterocycles. The summed E-state index contributed by atoms with van der Waals surface area (Å²) >= 11 is 0. The second kappa shape index (κ2) is 6.39. The second-order valence-corrected chi connectivity index (χ2v) is 7.22. The Morgan fingerprint density at radius 3 is 2.95 bits per heavy atom. The number of hydrogen-bond acceptors (Lipinski definition) is 2. The molecule has 1 aromatic carbocycles. The fraction of sp³-hybridized carbons (Fsp3) is 0.684. The predicted octanol–water partition coefficient (Wildman–Crippen LogP) is 3.99. The van der Waals surface area contributed by atoms with Crippen molar-refractivity contribution in [2.45, 2.75) is 58.5 Å². The number of aryl methyl sites for hydroxylation is 1. The lowest BCUT2D eigenvalue weighted by molar-refractivity contribution is 0.0338. The van der Waals surface area contributed by atoms with Gasteiger partial charge in [-0.3, -0.25) is 0 Å². The quantitative estimate of drug-likeness (QED) is 0.908. The number of benzene rings is 1. The van der Waals surface area contributed by atoms with Crippen LogP contribution in [0.15, 0.2) is 18.2 Å². The maximum atomic E-state index is 10.3. The molecule has 0 saturated heterocycles. The van der Waals surface area contributed by atoms with Crippen molar-refractivity contribution in [3.8, 4) is 5.75 Å². The van der Waals surface area contributed by atoms with Crippen molar-refractivity contribution in [1.82, 2.24) is 0 Å². The van der Waals surface area contributed by atoms with Crippen molar-refractivity contribution in [3.05, 3.63) is 29.3 Å². The fourth-order valence-corrected chi connectivity index (χ4v) is 3.95. The third kappa shape index (κ3) is 3.42. The Kier molecular flexibility index (Phi) is 4.54. The van der Waals surface area contributed by atoms with Gasteiger partial charge in [0.25, 0.3) is 0 Å². The van der Waals surface area contributed by atoms with Crippen LogP contribution in [0.5, 0.6) is 5.75 Å². The molecule has 0 amide bonds. The molecule has 1 aliphatic heterocycles. The highest BCUT2D eigenvalue weighted by atomic mass is 16.5. The van der Waals surface area contributed by atoms with Gasteiger partial charge in [0.15, 0.2) is 0 Å². The summed E-state index contributed by atoms with van der Waals surface area (Å²) in [5, 5.41) is 10.3. The van der Waals surface area contributed by atoms with Crippen molar-refractivity contribution >= 4 is 0 Å². The Labute approximate surface area is 128 Å². The van der Waals surface area contributed by atoms with E-state index in [0.717, 1.165) is 49.9 Å². The van der Waals surface area contributed by atoms with E-state index >= 15 is 0 Å². The zero-order valence-corrected chi connectivity index (χ0v) is 13.3. The molecule has 21 heavy (non-hydrogen) atoms. The number of hydrogen-bond donors (Lipinski definition) is 1. The summed E-state index contributed by atoms with van der Waals surface area (Å²) < 4.78 is 5.57. The zero-order chi connectivity index (χ0) is 14.8. The standard InChI is InChI=1S/C19H28O2/c1-13(2)15-6-7-18(20)16(12-15)5-3-14-4-8-19-17(11-14)9-10-21-19/h4,8,11,13,15-16,18,20H,3,5-7,9-10,12H2,1-2H3. The van der Waals surface area contributed by atoms with E-state index in [1.807, 2.05) is 0 Å². The van der Waals surface area contributed by atoms with Crippen LogP contribution in [-0.2, 0) is 12.8 Å². The third-order valence-corrected chi connectivity index (χ3v) is 5.48. The molecule has 1 saturated carbocycles. The van der Waals surface area contributed by atoms with Gasteiger partial charge < -0.3 is 9.84 Å². The summed E-state index contributed by atoms with van der Waals surface area (Å²) in [7, 11) is 0. The molecule has 3 unspecified atom stereocenters. The molecule has 2 aliphatic rings. The summed E-state index contributed by atoms with van der Waals surface area (Å²) in [6.07, 6.45) is 6.55. The molecular formula is C19H28O2. The SMILES string of the molecule is CC(C)C1CCC(O)C(CCc2ccc3c(c2)CCO3)C1. The molecule has 1 aromatic rings. The van der Waals surface area contributed by atoms with E-state index in [1.165, 1.54) is 24.0 Å². The third-order valence-electron chi connectivity index (χ3n) is 5.48. The number of aliphatic hydroxyl groups is 1. The minimum atomic E-state index is -0.0854. The van der Waals surface area contributed by atoms with E-state index in [9.17, 15) is 5.11 Å². The first-order valence-electron chi connectivity index (χ1n) is 8.56. The first-order valence-corrected chi connectivity index (χ1v) is 8.56. The Balaban J connectivity index is 1.58. The molecule has 3 atom stereocenters. The fourth-order valence-electron chi connectivity index (χ4n) is 3.95. The van der Waals surface area contributed by atoms with Gasteiger partial charge in [0.2, 0.25) is 0 Å². The van der Waals surface area contributed by atoms with Crippen molar-refractivity contribution in [3.63, 3.8) is 0 Å². The van der Waals surface area contributed by atoms with Crippen LogP contribution in [0.3, 0.4) is 0 Å². The maximum absolute atomic E-state index is 10.3. The van der Waals surface area contributed by atoms with Crippen LogP contribution in [0.1, 0.15) is 50.7 Å². The number of rotatable bonds is 4. The molecule has 116 valence electrons. The van der Waals surface area contributed by atoms with Crippen molar-refractivity contribution < 1.29 is 9.84 Å². The van der Waals surface area contributed by atoms with Crippen LogP contribution >= 0.6 is 0 Å². The van der Waals surface area contributed by atoms with Gasteiger partial charge in [0.1, 0.15) is 5.75 Å². The summed E-state index contributed by atoms with van der Waals surface area (Å²) in [5.74, 6) is 3.09. The van der Waals surface area contributed by atoms with E-state index < -0.39 is 0 Å². The number of aliphatic hydroxyl groups excluding tert-OH is 1. The number of fused-ring (bicyclic) bond motifs is 1. The molecule has 0 bridgehead atoms. The smallest absolute Gasteiger partial charge is 0.122 e. The Morgan fingerprint density at radius 1 is 1.29 bits per heavy atom. The average molecular weight is 288 g/mol. The van der Waals surface area contributed by atoms with Crippen molar-refractivity contribution in [2.24, 2.45) is 17.8 Å². The lowest BCUT2D eigenvalue weighted by atomic mass is 9.73. The van der Waals surface area contributed by atoms with Gasteiger partial charge in [-0.2, -0.15) is 0 Å². The minimum Gasteiger partial charge on any atom is -0.493 e. The van der Waals surface area contributed by atoms with Gasteiger partial charge in [0.05, 0.1) is 12.7 Å². The molecule has 1 aliphatic carbocycles. The second-order valence-electron chi connectivity index (χ2n) is 7.22. The highest BCUT2D eigenvalue weighted by Crippen LogP contribution is 2.36. The van der Waals surface area contributed by atoms with E-state index in [-0.39, 0.29) is 6.10 Å². The van der Waals surface area contributed by atoms with Gasteiger partial charge in [-0.05, 0) is 67.1 Å². The van der Waals surface area contributed by atoms with E-state index in [1.54, 1.807) is 0 Å². The monoisotopic (exact) mass is 288 g/mol. The van der Waals surface area contributed by atoms with Gasteiger partial charge in [0, 0.05) is 6.42 Å². The van der Waals surface area contributed by atoms with Gasteiger partial charge in [-0.25, -0.2) is 0 Å². The number of ether oxygens (including phenoxy) is 1. The summed E-state index contributed by atoms with van der Waals surface area (Å²) in [4.78, 5) is 0. The van der Waals surface area contributed by atoms with Crippen LogP contribution in [-0.4, -0.2) is 17.8 Å². The van der Waals surface area contributed by atoms with E-state index in [4.69, 9.17) is 4.74 Å². The lowest BCUT2D eigenvalue weighted by Crippen LogP contribution is -2.31. The molecule has 2 nitrogen and oxygen atoms in total. The molecule has 0 radical (unpaired) electrons. The first-order chi connectivity index (χ1) is 10.1. The highest BCUT2D eigenvalue weighted by molar-refractivity contribution is 5.39. The lowest BCUT2D eigenvalue weighted by Gasteiger charge is -2.35. The van der Waals surface area contributed by atoms with Crippen LogP contribution in [0.25, 0.3) is 0 Å². The molecular weight excluding hydrogens is 260 g/mol. The molecule has 2 heteroatoms.